The molecule has 0 atom stereocenters. The second-order valence-corrected chi connectivity index (χ2v) is 6.00. The smallest absolute Gasteiger partial charge is 0.270 e. The molecule has 0 bridgehead atoms. The maximum absolute atomic E-state index is 12.2. The van der Waals surface area contributed by atoms with E-state index in [1.165, 1.54) is 18.2 Å². The van der Waals surface area contributed by atoms with Crippen molar-refractivity contribution < 1.29 is 19.6 Å². The standard InChI is InChI=1S/C18H18N4O5S/c23-10-4-9-19-17(25)14-7-1-2-8-15(14)20-18(28)21-16(24)12-5-3-6-13(11-12)22(26)27/h1-3,5-8,11,23H,4,9-10H2,(H,19,25)(H2,20,21,24,28). The largest absolute Gasteiger partial charge is 0.396 e. The number of nitrogens with zero attached hydrogens (tertiary/aromatic N) is 1. The Morgan fingerprint density at radius 3 is 2.57 bits per heavy atom. The summed E-state index contributed by atoms with van der Waals surface area (Å²) in [5.41, 5.74) is 0.561. The predicted molar refractivity (Wildman–Crippen MR) is 107 cm³/mol. The number of aliphatic hydroxyl groups excluding tert-OH is 1. The topological polar surface area (TPSA) is 134 Å². The van der Waals surface area contributed by atoms with Crippen molar-refractivity contribution in [3.8, 4) is 0 Å². The van der Waals surface area contributed by atoms with Crippen LogP contribution >= 0.6 is 12.2 Å². The van der Waals surface area contributed by atoms with Crippen LogP contribution in [0.3, 0.4) is 0 Å². The van der Waals surface area contributed by atoms with Crippen molar-refractivity contribution in [1.82, 2.24) is 10.6 Å². The summed E-state index contributed by atoms with van der Waals surface area (Å²) >= 11 is 5.11. The summed E-state index contributed by atoms with van der Waals surface area (Å²) in [5.74, 6) is -0.976. The molecule has 4 N–H and O–H groups in total. The van der Waals surface area contributed by atoms with Gasteiger partial charge in [0.25, 0.3) is 17.5 Å². The predicted octanol–water partition coefficient (Wildman–Crippen LogP) is 1.83. The molecule has 0 saturated heterocycles. The Labute approximate surface area is 165 Å². The van der Waals surface area contributed by atoms with Gasteiger partial charge in [0.1, 0.15) is 0 Å². The first-order valence-corrected chi connectivity index (χ1v) is 8.68. The first kappa shape index (κ1) is 20.9. The van der Waals surface area contributed by atoms with Crippen LogP contribution in [0.5, 0.6) is 0 Å². The van der Waals surface area contributed by atoms with Gasteiger partial charge in [-0.3, -0.25) is 25.0 Å². The molecule has 2 amide bonds. The Morgan fingerprint density at radius 2 is 1.86 bits per heavy atom. The number of hydrogen-bond acceptors (Lipinski definition) is 6. The van der Waals surface area contributed by atoms with Crippen LogP contribution in [0, 0.1) is 10.1 Å². The van der Waals surface area contributed by atoms with Crippen LogP contribution in [0.15, 0.2) is 48.5 Å². The van der Waals surface area contributed by atoms with Gasteiger partial charge in [0.05, 0.1) is 16.2 Å². The quantitative estimate of drug-likeness (QED) is 0.240. The Balaban J connectivity index is 2.05. The van der Waals surface area contributed by atoms with Gasteiger partial charge in [0.15, 0.2) is 5.11 Å². The molecule has 9 nitrogen and oxygen atoms in total. The number of amides is 2. The molecular weight excluding hydrogens is 384 g/mol. The lowest BCUT2D eigenvalue weighted by Gasteiger charge is -2.13. The Bertz CT molecular complexity index is 903. The van der Waals surface area contributed by atoms with E-state index in [4.69, 9.17) is 17.3 Å². The highest BCUT2D eigenvalue weighted by atomic mass is 32.1. The lowest BCUT2D eigenvalue weighted by atomic mass is 10.1. The third-order valence-electron chi connectivity index (χ3n) is 3.59. The highest BCUT2D eigenvalue weighted by molar-refractivity contribution is 7.80. The molecule has 0 aliphatic carbocycles. The molecule has 2 aromatic rings. The SMILES string of the molecule is O=C(NC(=S)Nc1ccccc1C(=O)NCCCO)c1cccc([N+](=O)[O-])c1. The average molecular weight is 402 g/mol. The van der Waals surface area contributed by atoms with E-state index in [0.717, 1.165) is 6.07 Å². The van der Waals surface area contributed by atoms with E-state index in [9.17, 15) is 19.7 Å². The fourth-order valence-corrected chi connectivity index (χ4v) is 2.46. The molecule has 0 spiro atoms. The number of nitro benzene ring substituents is 1. The van der Waals surface area contributed by atoms with Gasteiger partial charge in [-0.05, 0) is 36.8 Å². The summed E-state index contributed by atoms with van der Waals surface area (Å²) in [4.78, 5) is 34.7. The van der Waals surface area contributed by atoms with Crippen molar-refractivity contribution in [3.63, 3.8) is 0 Å². The van der Waals surface area contributed by atoms with E-state index in [-0.39, 0.29) is 28.9 Å². The number of carbonyl (C=O) groups is 2. The number of carbonyl (C=O) groups excluding carboxylic acids is 2. The zero-order valence-electron chi connectivity index (χ0n) is 14.7. The summed E-state index contributed by atoms with van der Waals surface area (Å²) in [5, 5.41) is 27.4. The molecule has 146 valence electrons. The molecule has 0 unspecified atom stereocenters. The number of non-ortho nitro benzene ring substituents is 1. The molecule has 0 fully saturated rings. The zero-order chi connectivity index (χ0) is 20.5. The van der Waals surface area contributed by atoms with E-state index in [2.05, 4.69) is 16.0 Å². The number of aliphatic hydroxyl groups is 1. The Kier molecular flexibility index (Phi) is 7.55. The zero-order valence-corrected chi connectivity index (χ0v) is 15.5. The molecule has 0 radical (unpaired) electrons. The minimum Gasteiger partial charge on any atom is -0.396 e. The van der Waals surface area contributed by atoms with Crippen LogP contribution in [0.4, 0.5) is 11.4 Å². The highest BCUT2D eigenvalue weighted by Crippen LogP contribution is 2.16. The van der Waals surface area contributed by atoms with Crippen LogP contribution in [0.1, 0.15) is 27.1 Å². The van der Waals surface area contributed by atoms with E-state index < -0.39 is 10.8 Å². The molecule has 10 heteroatoms. The molecule has 0 aromatic heterocycles. The molecule has 28 heavy (non-hydrogen) atoms. The monoisotopic (exact) mass is 402 g/mol. The third-order valence-corrected chi connectivity index (χ3v) is 3.79. The van der Waals surface area contributed by atoms with Gasteiger partial charge in [-0.2, -0.15) is 0 Å². The molecule has 0 saturated carbocycles. The second-order valence-electron chi connectivity index (χ2n) is 5.59. The number of benzene rings is 2. The van der Waals surface area contributed by atoms with E-state index in [1.807, 2.05) is 0 Å². The molecule has 0 heterocycles. The average Bonchev–Trinajstić information content (AvgIpc) is 2.68. The number of nitrogens with one attached hydrogen (secondary N) is 3. The van der Waals surface area contributed by atoms with E-state index in [1.54, 1.807) is 24.3 Å². The van der Waals surface area contributed by atoms with Gasteiger partial charge in [0.2, 0.25) is 0 Å². The Morgan fingerprint density at radius 1 is 1.11 bits per heavy atom. The number of hydrogen-bond donors (Lipinski definition) is 4. The minimum atomic E-state index is -0.619. The summed E-state index contributed by atoms with van der Waals surface area (Å²) in [7, 11) is 0. The molecule has 2 rings (SSSR count). The fraction of sp³-hybridized carbons (Fsp3) is 0.167. The van der Waals surface area contributed by atoms with Crippen molar-refractivity contribution in [2.24, 2.45) is 0 Å². The van der Waals surface area contributed by atoms with Crippen LogP contribution in [-0.4, -0.2) is 40.1 Å². The van der Waals surface area contributed by atoms with Gasteiger partial charge >= 0.3 is 0 Å². The first-order valence-electron chi connectivity index (χ1n) is 8.27. The Hall–Kier alpha value is -3.37. The van der Waals surface area contributed by atoms with Crippen molar-refractivity contribution in [2.45, 2.75) is 6.42 Å². The summed E-state index contributed by atoms with van der Waals surface area (Å²) in [6.07, 6.45) is 0.430. The lowest BCUT2D eigenvalue weighted by Crippen LogP contribution is -2.35. The van der Waals surface area contributed by atoms with Crippen molar-refractivity contribution in [3.05, 3.63) is 69.8 Å². The fourth-order valence-electron chi connectivity index (χ4n) is 2.26. The van der Waals surface area contributed by atoms with Gasteiger partial charge in [-0.15, -0.1) is 0 Å². The third kappa shape index (κ3) is 5.83. The van der Waals surface area contributed by atoms with Crippen molar-refractivity contribution >= 4 is 40.5 Å². The van der Waals surface area contributed by atoms with E-state index in [0.29, 0.717) is 24.2 Å². The maximum atomic E-state index is 12.2. The van der Waals surface area contributed by atoms with Crippen molar-refractivity contribution in [1.29, 1.82) is 0 Å². The summed E-state index contributed by atoms with van der Waals surface area (Å²) in [6, 6.07) is 11.8. The normalized spacial score (nSPS) is 10.0. The first-order chi connectivity index (χ1) is 13.4. The lowest BCUT2D eigenvalue weighted by molar-refractivity contribution is -0.384. The maximum Gasteiger partial charge on any atom is 0.270 e. The molecule has 0 aliphatic rings. The summed E-state index contributed by atoms with van der Waals surface area (Å²) in [6.45, 7) is 0.283. The minimum absolute atomic E-state index is 0.0338. The molecular formula is C18H18N4O5S. The van der Waals surface area contributed by atoms with Crippen LogP contribution < -0.4 is 16.0 Å². The number of rotatable bonds is 7. The second kappa shape index (κ2) is 10.1. The van der Waals surface area contributed by atoms with Gasteiger partial charge in [-0.25, -0.2) is 0 Å². The van der Waals surface area contributed by atoms with Gasteiger partial charge < -0.3 is 15.7 Å². The van der Waals surface area contributed by atoms with Gasteiger partial charge in [-0.1, -0.05) is 18.2 Å². The summed E-state index contributed by atoms with van der Waals surface area (Å²) < 4.78 is 0. The number of nitro groups is 1. The number of anilines is 1. The van der Waals surface area contributed by atoms with Crippen LogP contribution in [0.25, 0.3) is 0 Å². The highest BCUT2D eigenvalue weighted by Gasteiger charge is 2.15. The molecule has 0 aliphatic heterocycles. The van der Waals surface area contributed by atoms with Crippen LogP contribution in [0.2, 0.25) is 0 Å². The van der Waals surface area contributed by atoms with E-state index >= 15 is 0 Å². The number of para-hydroxylation sites is 1. The van der Waals surface area contributed by atoms with Gasteiger partial charge in [0, 0.05) is 30.8 Å². The molecule has 2 aromatic carbocycles. The number of thiocarbonyl (C=S) groups is 1. The van der Waals surface area contributed by atoms with Crippen molar-refractivity contribution in [2.75, 3.05) is 18.5 Å². The van der Waals surface area contributed by atoms with Crippen LogP contribution in [-0.2, 0) is 0 Å².